The molecular weight excluding hydrogens is 518 g/mol. The summed E-state index contributed by atoms with van der Waals surface area (Å²) in [6.45, 7) is 18.4. The lowest BCUT2D eigenvalue weighted by Gasteiger charge is -2.47. The van der Waals surface area contributed by atoms with Crippen molar-refractivity contribution in [2.24, 2.45) is 28.7 Å². The summed E-state index contributed by atoms with van der Waals surface area (Å²) in [5.74, 6) is -1.82. The molecule has 232 valence electrons. The Morgan fingerprint density at radius 1 is 1.00 bits per heavy atom. The molecule has 14 atom stereocenters. The van der Waals surface area contributed by atoms with Gasteiger partial charge in [-0.1, -0.05) is 27.7 Å². The lowest BCUT2D eigenvalue weighted by molar-refractivity contribution is -0.298. The zero-order valence-electron chi connectivity index (χ0n) is 26.2. The molecule has 40 heavy (non-hydrogen) atoms. The van der Waals surface area contributed by atoms with Crippen LogP contribution in [0.25, 0.3) is 0 Å². The van der Waals surface area contributed by atoms with Crippen molar-refractivity contribution >= 4 is 11.9 Å². The topological polar surface area (TPSA) is 136 Å². The molecule has 0 saturated carbocycles. The van der Waals surface area contributed by atoms with Crippen LogP contribution in [-0.4, -0.2) is 94.0 Å². The summed E-state index contributed by atoms with van der Waals surface area (Å²) in [7, 11) is 1.54. The van der Waals surface area contributed by atoms with Gasteiger partial charge in [-0.3, -0.25) is 9.79 Å². The Morgan fingerprint density at radius 3 is 2.20 bits per heavy atom. The van der Waals surface area contributed by atoms with Crippen LogP contribution in [0.5, 0.6) is 0 Å². The van der Waals surface area contributed by atoms with Crippen molar-refractivity contribution in [2.45, 2.75) is 148 Å². The van der Waals surface area contributed by atoms with Crippen LogP contribution in [0.2, 0.25) is 0 Å². The van der Waals surface area contributed by atoms with Gasteiger partial charge in [0.25, 0.3) is 0 Å². The smallest absolute Gasteiger partial charge is 0.311 e. The van der Waals surface area contributed by atoms with Gasteiger partial charge < -0.3 is 39.0 Å². The molecule has 0 spiro atoms. The maximum Gasteiger partial charge on any atom is 0.311 e. The number of hydrogen-bond acceptors (Lipinski definition) is 10. The SMILES string of the molecule is CC[C@H]1OC(=O)[C@H](C)[C@@H](O[C@H]2C[C@@](C)(OC)[C@@H](O)[C@H](C)O2)[C@H](C)[C@@H](C)C(C)(O)C[C@@H](C)/N=C2\O[C@]1(C)[C@H](O)[C@H]2C. The van der Waals surface area contributed by atoms with Crippen molar-refractivity contribution in [3.05, 3.63) is 0 Å². The van der Waals surface area contributed by atoms with Crippen molar-refractivity contribution in [3.8, 4) is 0 Å². The molecule has 2 bridgehead atoms. The summed E-state index contributed by atoms with van der Waals surface area (Å²) in [6, 6.07) is -0.287. The Kier molecular flexibility index (Phi) is 10.1. The normalized spacial score (nSPS) is 52.2. The number of esters is 1. The number of hydrogen-bond donors (Lipinski definition) is 3. The number of methoxy groups -OCH3 is 1. The molecule has 3 N–H and O–H groups in total. The van der Waals surface area contributed by atoms with E-state index < -0.39 is 71.4 Å². The fraction of sp³-hybridized carbons (Fsp3) is 0.933. The molecule has 0 radical (unpaired) electrons. The molecule has 2 saturated heterocycles. The molecule has 0 aromatic heterocycles. The quantitative estimate of drug-likeness (QED) is 0.435. The van der Waals surface area contributed by atoms with Gasteiger partial charge in [-0.2, -0.15) is 0 Å². The maximum atomic E-state index is 13.7. The number of aliphatic hydroxyl groups is 3. The highest BCUT2D eigenvalue weighted by molar-refractivity contribution is 5.82. The zero-order chi connectivity index (χ0) is 30.4. The lowest BCUT2D eigenvalue weighted by Crippen LogP contribution is -2.57. The van der Waals surface area contributed by atoms with Crippen LogP contribution in [0.1, 0.15) is 88.5 Å². The molecule has 0 amide bonds. The molecule has 10 nitrogen and oxygen atoms in total. The highest BCUT2D eigenvalue weighted by atomic mass is 16.7. The van der Waals surface area contributed by atoms with E-state index in [9.17, 15) is 20.1 Å². The van der Waals surface area contributed by atoms with Crippen molar-refractivity contribution in [3.63, 3.8) is 0 Å². The Bertz CT molecular complexity index is 927. The highest BCUT2D eigenvalue weighted by Crippen LogP contribution is 2.41. The molecule has 3 heterocycles. The largest absolute Gasteiger partial charge is 0.468 e. The van der Waals surface area contributed by atoms with E-state index in [1.807, 2.05) is 41.5 Å². The van der Waals surface area contributed by atoms with Gasteiger partial charge >= 0.3 is 5.97 Å². The predicted molar refractivity (Wildman–Crippen MR) is 150 cm³/mol. The fourth-order valence-corrected chi connectivity index (χ4v) is 6.76. The number of aliphatic hydroxyl groups excluding tert-OH is 2. The first kappa shape index (κ1) is 33.2. The molecule has 10 heteroatoms. The first-order valence-corrected chi connectivity index (χ1v) is 14.8. The van der Waals surface area contributed by atoms with E-state index in [-0.39, 0.29) is 24.3 Å². The van der Waals surface area contributed by atoms with Crippen molar-refractivity contribution in [2.75, 3.05) is 7.11 Å². The number of carbonyl (C=O) groups excluding carboxylic acids is 1. The number of cyclic esters (lactones) is 1. The van der Waals surface area contributed by atoms with Crippen molar-refractivity contribution in [1.82, 2.24) is 0 Å². The Morgan fingerprint density at radius 2 is 1.62 bits per heavy atom. The Labute approximate surface area is 239 Å². The first-order chi connectivity index (χ1) is 18.4. The maximum absolute atomic E-state index is 13.7. The monoisotopic (exact) mass is 571 g/mol. The standard InChI is InChI=1S/C30H53NO9/c1-12-21-30(10)24(32)18(5)26(40-30)31-15(2)13-28(8,35)19(6)16(3)23(17(4)27(34)38-21)39-22-14-29(9,36-11)25(33)20(7)37-22/h15-25,32-33,35H,12-14H2,1-11H3/b31-26-/t15-,16-,17-,18-,19-,20+,21-,22+,23+,24-,25+,28?,29-,30+/m1/s1. The molecule has 0 aliphatic carbocycles. The first-order valence-electron chi connectivity index (χ1n) is 14.8. The van der Waals surface area contributed by atoms with E-state index in [2.05, 4.69) is 0 Å². The third-order valence-electron chi connectivity index (χ3n) is 10.0. The van der Waals surface area contributed by atoms with Gasteiger partial charge in [0.15, 0.2) is 17.8 Å². The van der Waals surface area contributed by atoms with Gasteiger partial charge in [0.1, 0.15) is 18.3 Å². The molecule has 3 rings (SSSR count). The zero-order valence-corrected chi connectivity index (χ0v) is 26.2. The number of rotatable bonds is 4. The van der Waals surface area contributed by atoms with Gasteiger partial charge in [-0.05, 0) is 66.2 Å². The summed E-state index contributed by atoms with van der Waals surface area (Å²) in [5.41, 5.74) is -3.23. The van der Waals surface area contributed by atoms with Crippen molar-refractivity contribution in [1.29, 1.82) is 0 Å². The van der Waals surface area contributed by atoms with Crippen molar-refractivity contribution < 1.29 is 43.8 Å². The Hall–Kier alpha value is -1.30. The second-order valence-electron chi connectivity index (χ2n) is 13.2. The second kappa shape index (κ2) is 12.1. The summed E-state index contributed by atoms with van der Waals surface area (Å²) in [4.78, 5) is 18.5. The van der Waals surface area contributed by atoms with Gasteiger partial charge in [0.05, 0.1) is 41.3 Å². The van der Waals surface area contributed by atoms with Crippen LogP contribution in [-0.2, 0) is 28.5 Å². The van der Waals surface area contributed by atoms with Crippen LogP contribution >= 0.6 is 0 Å². The van der Waals surface area contributed by atoms with E-state index >= 15 is 0 Å². The fourth-order valence-electron chi connectivity index (χ4n) is 6.76. The summed E-state index contributed by atoms with van der Waals surface area (Å²) < 4.78 is 30.6. The van der Waals surface area contributed by atoms with E-state index in [0.29, 0.717) is 18.7 Å². The van der Waals surface area contributed by atoms with E-state index in [1.54, 1.807) is 34.8 Å². The summed E-state index contributed by atoms with van der Waals surface area (Å²) in [6.07, 6.45) is -3.48. The van der Waals surface area contributed by atoms with Gasteiger partial charge in [0, 0.05) is 13.5 Å². The van der Waals surface area contributed by atoms with E-state index in [4.69, 9.17) is 28.7 Å². The average molecular weight is 572 g/mol. The third kappa shape index (κ3) is 6.22. The second-order valence-corrected chi connectivity index (χ2v) is 13.2. The predicted octanol–water partition coefficient (Wildman–Crippen LogP) is 3.23. The number of aliphatic imine (C=N–C) groups is 1. The molecule has 3 aliphatic rings. The van der Waals surface area contributed by atoms with Gasteiger partial charge in [-0.25, -0.2) is 0 Å². The van der Waals surface area contributed by atoms with Crippen LogP contribution in [0.4, 0.5) is 0 Å². The minimum Gasteiger partial charge on any atom is -0.468 e. The van der Waals surface area contributed by atoms with Crippen LogP contribution in [0, 0.1) is 23.7 Å². The van der Waals surface area contributed by atoms with Gasteiger partial charge in [-0.15, -0.1) is 0 Å². The van der Waals surface area contributed by atoms with E-state index in [1.165, 1.54) is 0 Å². The number of ether oxygens (including phenoxy) is 5. The van der Waals surface area contributed by atoms with Crippen LogP contribution in [0.15, 0.2) is 4.99 Å². The van der Waals surface area contributed by atoms with Gasteiger partial charge in [0.2, 0.25) is 0 Å². The molecule has 0 aromatic carbocycles. The molecule has 0 aromatic rings. The van der Waals surface area contributed by atoms with E-state index in [0.717, 1.165) is 0 Å². The summed E-state index contributed by atoms with van der Waals surface area (Å²) >= 11 is 0. The molecule has 2 fully saturated rings. The van der Waals surface area contributed by atoms with Crippen LogP contribution in [0.3, 0.4) is 0 Å². The minimum atomic E-state index is -1.18. The number of nitrogens with zero attached hydrogens (tertiary/aromatic N) is 1. The lowest BCUT2D eigenvalue weighted by atomic mass is 9.73. The average Bonchev–Trinajstić information content (AvgIpc) is 3.10. The number of fused-ring (bicyclic) bond motifs is 2. The number of carbonyl (C=O) groups is 1. The highest BCUT2D eigenvalue weighted by Gasteiger charge is 2.56. The molecule has 1 unspecified atom stereocenters. The Balaban J connectivity index is 2.02. The molecular formula is C30H53NO9. The van der Waals surface area contributed by atoms with Crippen LogP contribution < -0.4 is 0 Å². The molecule has 3 aliphatic heterocycles. The third-order valence-corrected chi connectivity index (χ3v) is 10.0. The minimum absolute atomic E-state index is 0.257. The summed E-state index contributed by atoms with van der Waals surface area (Å²) in [5, 5.41) is 33.6.